The molecule has 83 valence electrons. The van der Waals surface area contributed by atoms with E-state index >= 15 is 0 Å². The average molecular weight is 235 g/mol. The fourth-order valence-corrected chi connectivity index (χ4v) is 0.744. The van der Waals surface area contributed by atoms with Crippen molar-refractivity contribution < 1.29 is 35.1 Å². The third-order valence-electron chi connectivity index (χ3n) is 1.52. The van der Waals surface area contributed by atoms with Gasteiger partial charge in [-0.15, -0.1) is 0 Å². The van der Waals surface area contributed by atoms with Crippen molar-refractivity contribution in [1.29, 1.82) is 0 Å². The summed E-state index contributed by atoms with van der Waals surface area (Å²) in [4.78, 5) is 0. The van der Waals surface area contributed by atoms with Crippen LogP contribution in [0.3, 0.4) is 0 Å². The number of rotatable bonds is 0. The minimum absolute atomic E-state index is 0. The van der Waals surface area contributed by atoms with Crippen molar-refractivity contribution in [3.05, 3.63) is 23.3 Å². The minimum atomic E-state index is -5.71. The zero-order valence-electron chi connectivity index (χ0n) is 6.60. The Bertz CT molecular complexity index is 307. The Balaban J connectivity index is 0.00000196. The maximum atomic E-state index is 12.2. The summed E-state index contributed by atoms with van der Waals surface area (Å²) in [7, 11) is 0. The molecule has 0 heterocycles. The Morgan fingerprint density at radius 3 is 1.00 bits per heavy atom. The van der Waals surface area contributed by atoms with Crippen LogP contribution in [0.1, 0.15) is 0 Å². The highest BCUT2D eigenvalue weighted by molar-refractivity contribution is 5.75. The van der Waals surface area contributed by atoms with Crippen molar-refractivity contribution in [2.45, 2.75) is 11.8 Å². The van der Waals surface area contributed by atoms with Crippen LogP contribution in [0.5, 0.6) is 0 Å². The molecule has 15 heavy (non-hydrogen) atoms. The van der Waals surface area contributed by atoms with E-state index in [9.17, 15) is 35.1 Å². The third-order valence-corrected chi connectivity index (χ3v) is 1.52. The molecule has 9 heteroatoms. The van der Waals surface area contributed by atoms with E-state index in [-0.39, 0.29) is 8.41 Å². The fraction of sp³-hybridized carbons (Fsp3) is 0.333. The van der Waals surface area contributed by atoms with Crippen molar-refractivity contribution >= 4 is 8.41 Å². The van der Waals surface area contributed by atoms with Crippen LogP contribution < -0.4 is 0 Å². The van der Waals surface area contributed by atoms with E-state index in [4.69, 9.17) is 0 Å². The summed E-state index contributed by atoms with van der Waals surface area (Å²) >= 11 is 0. The average Bonchev–Trinajstić information content (AvgIpc) is 2.10. The molecule has 0 aromatic heterocycles. The standard InChI is InChI=1S/C6F8.B/c7-1-2(8)4(10)6(13,14)5(11,12)3(1)9;. The second-order valence-corrected chi connectivity index (χ2v) is 2.40. The van der Waals surface area contributed by atoms with Crippen molar-refractivity contribution in [3.8, 4) is 0 Å². The van der Waals surface area contributed by atoms with Crippen LogP contribution in [0.4, 0.5) is 35.1 Å². The predicted molar refractivity (Wildman–Crippen MR) is 34.1 cm³/mol. The highest BCUT2D eigenvalue weighted by Crippen LogP contribution is 2.52. The number of hydrogen-bond donors (Lipinski definition) is 0. The van der Waals surface area contributed by atoms with Crippen LogP contribution in [0.25, 0.3) is 0 Å². The molecular formula is C6BF8. The van der Waals surface area contributed by atoms with E-state index in [1.807, 2.05) is 0 Å². The van der Waals surface area contributed by atoms with Gasteiger partial charge in [0.25, 0.3) is 0 Å². The Kier molecular flexibility index (Phi) is 3.29. The predicted octanol–water partition coefficient (Wildman–Crippen LogP) is 3.19. The maximum Gasteiger partial charge on any atom is 0.370 e. The first-order valence-corrected chi connectivity index (χ1v) is 3.01. The molecule has 0 saturated heterocycles. The van der Waals surface area contributed by atoms with Gasteiger partial charge in [0.2, 0.25) is 11.7 Å². The van der Waals surface area contributed by atoms with Gasteiger partial charge in [0, 0.05) is 8.41 Å². The molecular weight excluding hydrogens is 235 g/mol. The fourth-order valence-electron chi connectivity index (χ4n) is 0.744. The molecule has 0 bridgehead atoms. The number of alkyl halides is 4. The second-order valence-electron chi connectivity index (χ2n) is 2.40. The molecule has 3 radical (unpaired) electrons. The highest BCUT2D eigenvalue weighted by atomic mass is 19.3. The van der Waals surface area contributed by atoms with Gasteiger partial charge in [-0.25, -0.2) is 17.6 Å². The molecule has 1 rings (SSSR count). The Morgan fingerprint density at radius 2 is 0.800 bits per heavy atom. The largest absolute Gasteiger partial charge is 0.370 e. The lowest BCUT2D eigenvalue weighted by atomic mass is 10.0. The number of halogens is 8. The second kappa shape index (κ2) is 3.53. The summed E-state index contributed by atoms with van der Waals surface area (Å²) in [6.45, 7) is 0. The van der Waals surface area contributed by atoms with Gasteiger partial charge in [-0.1, -0.05) is 0 Å². The van der Waals surface area contributed by atoms with E-state index in [0.29, 0.717) is 0 Å². The van der Waals surface area contributed by atoms with Crippen molar-refractivity contribution in [3.63, 3.8) is 0 Å². The van der Waals surface area contributed by atoms with Gasteiger partial charge in [-0.2, -0.15) is 17.6 Å². The highest BCUT2D eigenvalue weighted by Gasteiger charge is 2.68. The third kappa shape index (κ3) is 1.53. The zero-order valence-corrected chi connectivity index (χ0v) is 6.60. The smallest absolute Gasteiger partial charge is 0.201 e. The van der Waals surface area contributed by atoms with E-state index in [0.717, 1.165) is 0 Å². The summed E-state index contributed by atoms with van der Waals surface area (Å²) in [5.74, 6) is -24.0. The summed E-state index contributed by atoms with van der Waals surface area (Å²) in [5, 5.41) is 0. The molecule has 0 aliphatic heterocycles. The molecule has 0 amide bonds. The van der Waals surface area contributed by atoms with Crippen molar-refractivity contribution in [2.75, 3.05) is 0 Å². The first-order valence-electron chi connectivity index (χ1n) is 3.01. The summed E-state index contributed by atoms with van der Waals surface area (Å²) < 4.78 is 97.1. The van der Waals surface area contributed by atoms with Crippen molar-refractivity contribution in [1.82, 2.24) is 0 Å². The van der Waals surface area contributed by atoms with E-state index in [1.54, 1.807) is 0 Å². The Hall–Kier alpha value is -1.02. The van der Waals surface area contributed by atoms with Crippen LogP contribution in [0.2, 0.25) is 0 Å². The molecule has 0 nitrogen and oxygen atoms in total. The molecule has 1 aliphatic rings. The molecule has 0 fully saturated rings. The molecule has 0 aromatic carbocycles. The topological polar surface area (TPSA) is 0 Å². The van der Waals surface area contributed by atoms with Gasteiger partial charge in [0.15, 0.2) is 11.7 Å². The van der Waals surface area contributed by atoms with Gasteiger partial charge >= 0.3 is 11.8 Å². The summed E-state index contributed by atoms with van der Waals surface area (Å²) in [6.07, 6.45) is 0. The van der Waals surface area contributed by atoms with E-state index in [1.165, 1.54) is 0 Å². The zero-order chi connectivity index (χ0) is 11.3. The normalized spacial score (nSPS) is 24.0. The van der Waals surface area contributed by atoms with Crippen LogP contribution in [-0.2, 0) is 0 Å². The van der Waals surface area contributed by atoms with E-state index < -0.39 is 35.2 Å². The number of allylic oxidation sites excluding steroid dienone is 4. The first kappa shape index (κ1) is 14.0. The van der Waals surface area contributed by atoms with Crippen LogP contribution >= 0.6 is 0 Å². The summed E-state index contributed by atoms with van der Waals surface area (Å²) in [6, 6.07) is 0. The van der Waals surface area contributed by atoms with Gasteiger partial charge < -0.3 is 0 Å². The van der Waals surface area contributed by atoms with Gasteiger partial charge in [0.1, 0.15) is 0 Å². The number of hydrogen-bond acceptors (Lipinski definition) is 0. The molecule has 0 atom stereocenters. The lowest BCUT2D eigenvalue weighted by Gasteiger charge is -2.26. The van der Waals surface area contributed by atoms with Crippen LogP contribution in [0.15, 0.2) is 23.3 Å². The van der Waals surface area contributed by atoms with Gasteiger partial charge in [0.05, 0.1) is 0 Å². The Labute approximate surface area is 79.8 Å². The quantitative estimate of drug-likeness (QED) is 0.446. The molecule has 0 N–H and O–H groups in total. The monoisotopic (exact) mass is 235 g/mol. The van der Waals surface area contributed by atoms with Crippen LogP contribution in [-0.4, -0.2) is 20.3 Å². The minimum Gasteiger partial charge on any atom is -0.201 e. The lowest BCUT2D eigenvalue weighted by molar-refractivity contribution is -0.186. The molecule has 0 unspecified atom stereocenters. The first-order chi connectivity index (χ1) is 6.14. The molecule has 0 saturated carbocycles. The maximum absolute atomic E-state index is 12.2. The SMILES string of the molecule is FC1=C(F)C(F)(F)C(F)(F)C(F)=C1F.[B]. The van der Waals surface area contributed by atoms with Crippen molar-refractivity contribution in [2.24, 2.45) is 0 Å². The summed E-state index contributed by atoms with van der Waals surface area (Å²) in [5.41, 5.74) is 0. The van der Waals surface area contributed by atoms with Gasteiger partial charge in [-0.05, 0) is 0 Å². The molecule has 1 aliphatic carbocycles. The van der Waals surface area contributed by atoms with E-state index in [2.05, 4.69) is 0 Å². The van der Waals surface area contributed by atoms with Crippen LogP contribution in [0, 0.1) is 0 Å². The van der Waals surface area contributed by atoms with Gasteiger partial charge in [-0.3, -0.25) is 0 Å². The lowest BCUT2D eigenvalue weighted by Crippen LogP contribution is -2.44. The Morgan fingerprint density at radius 1 is 0.600 bits per heavy atom. The molecule has 0 spiro atoms. The molecule has 0 aromatic rings.